The van der Waals surface area contributed by atoms with Crippen LogP contribution < -0.4 is 10.1 Å². The van der Waals surface area contributed by atoms with Crippen LogP contribution in [0.5, 0.6) is 5.75 Å². The summed E-state index contributed by atoms with van der Waals surface area (Å²) < 4.78 is 41.4. The molecule has 0 aromatic heterocycles. The lowest BCUT2D eigenvalue weighted by atomic mass is 10.0. The molecule has 0 aliphatic heterocycles. The standard InChI is InChI=1S/C13H18F3NO/c1-9(17-8-13(14,15)16)7-11-5-4-6-12(18-3)10(11)2/h4-6,9,17H,7-8H2,1-3H3/t9-/m1/s1. The van der Waals surface area contributed by atoms with Gasteiger partial charge in [0.25, 0.3) is 0 Å². The Bertz CT molecular complexity index is 390. The molecule has 102 valence electrons. The van der Waals surface area contributed by atoms with E-state index in [1.807, 2.05) is 25.1 Å². The molecule has 0 unspecified atom stereocenters. The van der Waals surface area contributed by atoms with Crippen molar-refractivity contribution in [2.45, 2.75) is 32.5 Å². The Hall–Kier alpha value is -1.23. The van der Waals surface area contributed by atoms with E-state index in [-0.39, 0.29) is 6.04 Å². The number of nitrogens with one attached hydrogen (secondary N) is 1. The highest BCUT2D eigenvalue weighted by molar-refractivity contribution is 5.39. The monoisotopic (exact) mass is 261 g/mol. The molecule has 0 spiro atoms. The Kier molecular flexibility index (Phi) is 5.02. The first-order chi connectivity index (χ1) is 8.33. The Balaban J connectivity index is 2.62. The fraction of sp³-hybridized carbons (Fsp3) is 0.538. The normalized spacial score (nSPS) is 13.4. The van der Waals surface area contributed by atoms with Crippen LogP contribution in [0.15, 0.2) is 18.2 Å². The third-order valence-electron chi connectivity index (χ3n) is 2.79. The summed E-state index contributed by atoms with van der Waals surface area (Å²) in [6.07, 6.45) is -3.63. The SMILES string of the molecule is COc1cccc(C[C@@H](C)NCC(F)(F)F)c1C. The molecule has 5 heteroatoms. The zero-order valence-corrected chi connectivity index (χ0v) is 10.8. The summed E-state index contributed by atoms with van der Waals surface area (Å²) in [7, 11) is 1.58. The smallest absolute Gasteiger partial charge is 0.401 e. The second-order valence-corrected chi connectivity index (χ2v) is 4.35. The van der Waals surface area contributed by atoms with Gasteiger partial charge < -0.3 is 10.1 Å². The average Bonchev–Trinajstić information content (AvgIpc) is 2.28. The summed E-state index contributed by atoms with van der Waals surface area (Å²) in [5.41, 5.74) is 1.97. The van der Waals surface area contributed by atoms with Crippen LogP contribution in [-0.2, 0) is 6.42 Å². The Morgan fingerprint density at radius 2 is 2.00 bits per heavy atom. The molecule has 0 heterocycles. The van der Waals surface area contributed by atoms with Crippen LogP contribution in [0.1, 0.15) is 18.1 Å². The predicted molar refractivity (Wildman–Crippen MR) is 65.0 cm³/mol. The highest BCUT2D eigenvalue weighted by Crippen LogP contribution is 2.22. The number of hydrogen-bond acceptors (Lipinski definition) is 2. The van der Waals surface area contributed by atoms with E-state index < -0.39 is 12.7 Å². The molecule has 1 aromatic rings. The van der Waals surface area contributed by atoms with E-state index in [1.54, 1.807) is 14.0 Å². The third kappa shape index (κ3) is 4.56. The van der Waals surface area contributed by atoms with Gasteiger partial charge in [0.15, 0.2) is 0 Å². The summed E-state index contributed by atoms with van der Waals surface area (Å²) in [5.74, 6) is 0.760. The molecule has 0 aliphatic carbocycles. The quantitative estimate of drug-likeness (QED) is 0.879. The first-order valence-corrected chi connectivity index (χ1v) is 5.76. The average molecular weight is 261 g/mol. The minimum absolute atomic E-state index is 0.238. The van der Waals surface area contributed by atoms with E-state index in [0.717, 1.165) is 16.9 Å². The molecule has 0 radical (unpaired) electrons. The number of alkyl halides is 3. The number of ether oxygens (including phenoxy) is 1. The summed E-state index contributed by atoms with van der Waals surface area (Å²) in [6.45, 7) is 2.69. The lowest BCUT2D eigenvalue weighted by Gasteiger charge is -2.17. The van der Waals surface area contributed by atoms with Gasteiger partial charge in [-0.15, -0.1) is 0 Å². The van der Waals surface area contributed by atoms with E-state index in [1.165, 1.54) is 0 Å². The fourth-order valence-corrected chi connectivity index (χ4v) is 1.79. The maximum absolute atomic E-state index is 12.1. The molecular formula is C13H18F3NO. The Morgan fingerprint density at radius 1 is 1.33 bits per heavy atom. The van der Waals surface area contributed by atoms with Gasteiger partial charge in [-0.2, -0.15) is 13.2 Å². The van der Waals surface area contributed by atoms with Crippen molar-refractivity contribution < 1.29 is 17.9 Å². The molecule has 1 aromatic carbocycles. The number of methoxy groups -OCH3 is 1. The highest BCUT2D eigenvalue weighted by Gasteiger charge is 2.27. The van der Waals surface area contributed by atoms with Gasteiger partial charge in [0.05, 0.1) is 13.7 Å². The zero-order valence-electron chi connectivity index (χ0n) is 10.8. The van der Waals surface area contributed by atoms with Crippen LogP contribution in [0.2, 0.25) is 0 Å². The van der Waals surface area contributed by atoms with Gasteiger partial charge in [-0.25, -0.2) is 0 Å². The van der Waals surface area contributed by atoms with Crippen LogP contribution in [0.3, 0.4) is 0 Å². The van der Waals surface area contributed by atoms with E-state index in [0.29, 0.717) is 6.42 Å². The number of halogens is 3. The molecule has 1 atom stereocenters. The van der Waals surface area contributed by atoms with Crippen LogP contribution in [-0.4, -0.2) is 25.9 Å². The maximum atomic E-state index is 12.1. The van der Waals surface area contributed by atoms with Crippen LogP contribution in [0.4, 0.5) is 13.2 Å². The molecule has 18 heavy (non-hydrogen) atoms. The van der Waals surface area contributed by atoms with E-state index in [9.17, 15) is 13.2 Å². The molecule has 0 aliphatic rings. The molecule has 0 amide bonds. The van der Waals surface area contributed by atoms with Crippen molar-refractivity contribution in [3.8, 4) is 5.75 Å². The first kappa shape index (κ1) is 14.8. The minimum Gasteiger partial charge on any atom is -0.496 e. The Labute approximate surface area is 105 Å². The summed E-state index contributed by atoms with van der Waals surface area (Å²) >= 11 is 0. The van der Waals surface area contributed by atoms with Crippen molar-refractivity contribution in [2.24, 2.45) is 0 Å². The van der Waals surface area contributed by atoms with E-state index in [4.69, 9.17) is 4.74 Å². The highest BCUT2D eigenvalue weighted by atomic mass is 19.4. The molecule has 0 saturated heterocycles. The molecule has 1 rings (SSSR count). The number of hydrogen-bond donors (Lipinski definition) is 1. The van der Waals surface area contributed by atoms with Gasteiger partial charge in [0, 0.05) is 6.04 Å². The largest absolute Gasteiger partial charge is 0.496 e. The topological polar surface area (TPSA) is 21.3 Å². The second-order valence-electron chi connectivity index (χ2n) is 4.35. The summed E-state index contributed by atoms with van der Waals surface area (Å²) in [6, 6.07) is 5.35. The lowest BCUT2D eigenvalue weighted by molar-refractivity contribution is -0.126. The van der Waals surface area contributed by atoms with Gasteiger partial charge in [-0.1, -0.05) is 12.1 Å². The van der Waals surface area contributed by atoms with Gasteiger partial charge >= 0.3 is 6.18 Å². The van der Waals surface area contributed by atoms with Crippen molar-refractivity contribution in [2.75, 3.05) is 13.7 Å². The Morgan fingerprint density at radius 3 is 2.56 bits per heavy atom. The van der Waals surface area contributed by atoms with Crippen molar-refractivity contribution in [1.29, 1.82) is 0 Å². The van der Waals surface area contributed by atoms with Crippen LogP contribution >= 0.6 is 0 Å². The molecule has 2 nitrogen and oxygen atoms in total. The number of rotatable bonds is 5. The second kappa shape index (κ2) is 6.09. The van der Waals surface area contributed by atoms with Gasteiger partial charge in [-0.05, 0) is 37.5 Å². The van der Waals surface area contributed by atoms with Gasteiger partial charge in [0.2, 0.25) is 0 Å². The maximum Gasteiger partial charge on any atom is 0.401 e. The van der Waals surface area contributed by atoms with E-state index >= 15 is 0 Å². The van der Waals surface area contributed by atoms with Crippen molar-refractivity contribution >= 4 is 0 Å². The summed E-state index contributed by atoms with van der Waals surface area (Å²) in [5, 5.41) is 2.47. The van der Waals surface area contributed by atoms with Crippen molar-refractivity contribution in [3.05, 3.63) is 29.3 Å². The number of benzene rings is 1. The van der Waals surface area contributed by atoms with Crippen LogP contribution in [0, 0.1) is 6.92 Å². The third-order valence-corrected chi connectivity index (χ3v) is 2.79. The predicted octanol–water partition coefficient (Wildman–Crippen LogP) is 3.09. The fourth-order valence-electron chi connectivity index (χ4n) is 1.79. The minimum atomic E-state index is -4.17. The van der Waals surface area contributed by atoms with Crippen molar-refractivity contribution in [1.82, 2.24) is 5.32 Å². The molecule has 1 N–H and O–H groups in total. The van der Waals surface area contributed by atoms with Gasteiger partial charge in [-0.3, -0.25) is 0 Å². The molecular weight excluding hydrogens is 243 g/mol. The van der Waals surface area contributed by atoms with Crippen LogP contribution in [0.25, 0.3) is 0 Å². The summed E-state index contributed by atoms with van der Waals surface area (Å²) in [4.78, 5) is 0. The first-order valence-electron chi connectivity index (χ1n) is 5.76. The molecule has 0 fully saturated rings. The zero-order chi connectivity index (χ0) is 13.8. The van der Waals surface area contributed by atoms with E-state index in [2.05, 4.69) is 5.32 Å². The van der Waals surface area contributed by atoms with Gasteiger partial charge in [0.1, 0.15) is 5.75 Å². The molecule has 0 saturated carbocycles. The molecule has 0 bridgehead atoms. The van der Waals surface area contributed by atoms with Crippen molar-refractivity contribution in [3.63, 3.8) is 0 Å². The lowest BCUT2D eigenvalue weighted by Crippen LogP contribution is -2.36.